The molecule has 0 amide bonds. The Morgan fingerprint density at radius 2 is 1.11 bits per heavy atom. The van der Waals surface area contributed by atoms with Crippen LogP contribution in [0.25, 0.3) is 0 Å². The van der Waals surface area contributed by atoms with Crippen LogP contribution in [0.2, 0.25) is 8.87 Å². The fraction of sp³-hybridized carbons (Fsp3) is 1.00. The van der Waals surface area contributed by atoms with E-state index in [4.69, 9.17) is 6.15 Å². The van der Waals surface area contributed by atoms with Gasteiger partial charge in [0.05, 0.1) is 0 Å². The van der Waals surface area contributed by atoms with Crippen LogP contribution in [0.15, 0.2) is 0 Å². The van der Waals surface area contributed by atoms with Crippen molar-refractivity contribution in [3.8, 4) is 0 Å². The van der Waals surface area contributed by atoms with Gasteiger partial charge in [-0.2, -0.15) is 0 Å². The fourth-order valence-electron chi connectivity index (χ4n) is 2.09. The van der Waals surface area contributed by atoms with Gasteiger partial charge in [0, 0.05) is 0 Å². The molecule has 0 heterocycles. The van der Waals surface area contributed by atoms with E-state index >= 15 is 0 Å². The second-order valence-corrected chi connectivity index (χ2v) is 14.9. The maximum absolute atomic E-state index is 6.35. The molecule has 0 aromatic rings. The predicted octanol–water partition coefficient (Wildman–Crippen LogP) is 5.27. The van der Waals surface area contributed by atoms with Crippen LogP contribution in [-0.2, 0) is 6.15 Å². The normalized spacial score (nSPS) is 12.0. The maximum atomic E-state index is 6.35. The van der Waals surface area contributed by atoms with Crippen molar-refractivity contribution < 1.29 is 6.15 Å². The summed E-state index contributed by atoms with van der Waals surface area (Å²) < 4.78 is 15.2. The molecule has 2 nitrogen and oxygen atoms in total. The van der Waals surface area contributed by atoms with E-state index in [2.05, 4.69) is 27.7 Å². The summed E-state index contributed by atoms with van der Waals surface area (Å²) in [5, 5.41) is 0. The second-order valence-electron chi connectivity index (χ2n) is 5.17. The summed E-state index contributed by atoms with van der Waals surface area (Å²) in [7, 11) is 0. The van der Waals surface area contributed by atoms with Crippen LogP contribution in [0, 0.1) is 0 Å². The van der Waals surface area contributed by atoms with Crippen molar-refractivity contribution in [2.45, 2.75) is 81.5 Å². The zero-order valence-corrected chi connectivity index (χ0v) is 15.9. The first kappa shape index (κ1) is 18.7. The van der Waals surface area contributed by atoms with Crippen molar-refractivity contribution in [2.75, 3.05) is 13.2 Å². The Balaban J connectivity index is 4.34. The third-order valence-electron chi connectivity index (χ3n) is 3.27. The molecule has 0 saturated heterocycles. The van der Waals surface area contributed by atoms with Gasteiger partial charge in [0.1, 0.15) is 0 Å². The number of rotatable bonds is 13. The Morgan fingerprint density at radius 3 is 1.50 bits per heavy atom. The molecular weight excluding hydrogens is 331 g/mol. The summed E-state index contributed by atoms with van der Waals surface area (Å²) in [4.78, 5) is 0. The third-order valence-corrected chi connectivity index (χ3v) is 14.2. The molecule has 0 aromatic heterocycles. The molecule has 0 fully saturated rings. The molecule has 0 aromatic carbocycles. The first-order valence-electron chi connectivity index (χ1n) is 8.02. The van der Waals surface area contributed by atoms with Gasteiger partial charge in [0.15, 0.2) is 0 Å². The van der Waals surface area contributed by atoms with Gasteiger partial charge in [-0.25, -0.2) is 0 Å². The Morgan fingerprint density at radius 1 is 0.611 bits per heavy atom. The van der Waals surface area contributed by atoms with E-state index in [0.717, 1.165) is 13.2 Å². The van der Waals surface area contributed by atoms with Gasteiger partial charge >= 0.3 is 120 Å². The van der Waals surface area contributed by atoms with Crippen molar-refractivity contribution in [1.29, 1.82) is 0 Å². The molecule has 18 heavy (non-hydrogen) atoms. The van der Waals surface area contributed by atoms with E-state index in [1.165, 1.54) is 53.8 Å². The quantitative estimate of drug-likeness (QED) is 0.327. The van der Waals surface area contributed by atoms with Gasteiger partial charge in [-0.05, 0) is 0 Å². The SMILES string of the molecule is CCCC[O][Sn]([CH2]CC)([CH2]CCC)[O]CCCC. The Hall–Kier alpha value is 0.719. The second kappa shape index (κ2) is 12.7. The molecule has 0 saturated carbocycles. The number of hydrogen-bond acceptors (Lipinski definition) is 2. The van der Waals surface area contributed by atoms with E-state index in [1.54, 1.807) is 0 Å². The minimum absolute atomic E-state index is 0.933. The van der Waals surface area contributed by atoms with E-state index < -0.39 is 19.2 Å². The first-order chi connectivity index (χ1) is 8.74. The van der Waals surface area contributed by atoms with Crippen LogP contribution in [0.1, 0.15) is 72.6 Å². The van der Waals surface area contributed by atoms with Gasteiger partial charge in [-0.3, -0.25) is 0 Å². The molecule has 3 heteroatoms. The van der Waals surface area contributed by atoms with Crippen LogP contribution >= 0.6 is 0 Å². The molecule has 0 spiro atoms. The summed E-state index contributed by atoms with van der Waals surface area (Å²) in [6.45, 7) is 10.9. The van der Waals surface area contributed by atoms with Gasteiger partial charge in [0.2, 0.25) is 0 Å². The number of unbranched alkanes of at least 4 members (excludes halogenated alkanes) is 3. The summed E-state index contributed by atoms with van der Waals surface area (Å²) in [5.74, 6) is 0. The van der Waals surface area contributed by atoms with E-state index in [0.29, 0.717) is 0 Å². The van der Waals surface area contributed by atoms with Crippen molar-refractivity contribution in [1.82, 2.24) is 0 Å². The topological polar surface area (TPSA) is 18.5 Å². The molecule has 0 bridgehead atoms. The Bertz CT molecular complexity index is 164. The van der Waals surface area contributed by atoms with Gasteiger partial charge in [-0.15, -0.1) is 0 Å². The summed E-state index contributed by atoms with van der Waals surface area (Å²) >= 11 is -2.71. The Labute approximate surface area is 120 Å². The molecule has 0 rings (SSSR count). The Kier molecular flexibility index (Phi) is 13.2. The summed E-state index contributed by atoms with van der Waals surface area (Å²) in [6.07, 6.45) is 8.58. The molecule has 0 atom stereocenters. The molecule has 0 unspecified atom stereocenters. The van der Waals surface area contributed by atoms with Crippen LogP contribution < -0.4 is 0 Å². The van der Waals surface area contributed by atoms with E-state index in [-0.39, 0.29) is 0 Å². The molecule has 110 valence electrons. The van der Waals surface area contributed by atoms with Crippen molar-refractivity contribution in [3.05, 3.63) is 0 Å². The van der Waals surface area contributed by atoms with Crippen molar-refractivity contribution in [2.24, 2.45) is 0 Å². The van der Waals surface area contributed by atoms with Crippen LogP contribution in [-0.4, -0.2) is 32.4 Å². The van der Waals surface area contributed by atoms with Gasteiger partial charge < -0.3 is 0 Å². The van der Waals surface area contributed by atoms with Crippen LogP contribution in [0.5, 0.6) is 0 Å². The molecule has 0 N–H and O–H groups in total. The number of hydrogen-bond donors (Lipinski definition) is 0. The van der Waals surface area contributed by atoms with Crippen LogP contribution in [0.4, 0.5) is 0 Å². The molecular formula is C15H34O2Sn. The van der Waals surface area contributed by atoms with Crippen molar-refractivity contribution in [3.63, 3.8) is 0 Å². The van der Waals surface area contributed by atoms with Gasteiger partial charge in [-0.1, -0.05) is 0 Å². The summed E-state index contributed by atoms with van der Waals surface area (Å²) in [5.41, 5.74) is 0. The van der Waals surface area contributed by atoms with Crippen molar-refractivity contribution >= 4 is 19.2 Å². The zero-order valence-electron chi connectivity index (χ0n) is 13.1. The average molecular weight is 365 g/mol. The fourth-order valence-corrected chi connectivity index (χ4v) is 12.4. The molecule has 0 aliphatic carbocycles. The predicted molar refractivity (Wildman–Crippen MR) is 82.3 cm³/mol. The minimum atomic E-state index is -2.71. The monoisotopic (exact) mass is 366 g/mol. The zero-order chi connectivity index (χ0) is 13.7. The average Bonchev–Trinajstić information content (AvgIpc) is 2.37. The van der Waals surface area contributed by atoms with Crippen LogP contribution in [0.3, 0.4) is 0 Å². The molecule has 0 aliphatic rings. The molecule has 0 radical (unpaired) electrons. The first-order valence-corrected chi connectivity index (χ1v) is 14.4. The van der Waals surface area contributed by atoms with E-state index in [1.807, 2.05) is 0 Å². The standard InChI is InChI=1S/2C4H9O.C4H9.C3H7.Sn/c2*1-2-3-4-5;1-3-4-2;1-3-2;/h2*2-4H2,1H3;1,3-4H2,2H3;1,3H2,2H3;/q2*-1;;;+2. The third kappa shape index (κ3) is 8.76. The summed E-state index contributed by atoms with van der Waals surface area (Å²) in [6, 6.07) is 0. The molecule has 0 aliphatic heterocycles. The van der Waals surface area contributed by atoms with Gasteiger partial charge in [0.25, 0.3) is 0 Å². The van der Waals surface area contributed by atoms with E-state index in [9.17, 15) is 0 Å².